The van der Waals surface area contributed by atoms with E-state index in [9.17, 15) is 18.0 Å². The van der Waals surface area contributed by atoms with Crippen LogP contribution in [0.25, 0.3) is 6.08 Å². The molecule has 0 aliphatic heterocycles. The lowest BCUT2D eigenvalue weighted by atomic mass is 10.2. The minimum absolute atomic E-state index is 0.122. The highest BCUT2D eigenvalue weighted by Gasteiger charge is 2.33. The Morgan fingerprint density at radius 3 is 2.78 bits per heavy atom. The molecule has 2 aromatic heterocycles. The molecule has 0 aromatic carbocycles. The molecule has 0 atom stereocenters. The van der Waals surface area contributed by atoms with E-state index in [4.69, 9.17) is 0 Å². The molecule has 1 amide bonds. The molecule has 0 fully saturated rings. The van der Waals surface area contributed by atoms with Crippen LogP contribution in [0, 0.1) is 0 Å². The fourth-order valence-corrected chi connectivity index (χ4v) is 2.19. The molecule has 0 radical (unpaired) electrons. The maximum Gasteiger partial charge on any atom is 0.419 e. The third kappa shape index (κ3) is 5.37. The van der Waals surface area contributed by atoms with Gasteiger partial charge in [-0.1, -0.05) is 0 Å². The summed E-state index contributed by atoms with van der Waals surface area (Å²) in [6.45, 7) is 0.284. The molecule has 2 rings (SSSR count). The summed E-state index contributed by atoms with van der Waals surface area (Å²) in [6.07, 6.45) is 1.30. The highest BCUT2D eigenvalue weighted by atomic mass is 32.1. The normalized spacial score (nSPS) is 11.6. The molecular weight excluding hydrogens is 329 g/mol. The van der Waals surface area contributed by atoms with Crippen LogP contribution in [0.4, 0.5) is 19.0 Å². The zero-order valence-electron chi connectivity index (χ0n) is 11.8. The van der Waals surface area contributed by atoms with Crippen molar-refractivity contribution in [2.24, 2.45) is 0 Å². The second kappa shape index (κ2) is 7.73. The topological polar surface area (TPSA) is 66.9 Å². The summed E-state index contributed by atoms with van der Waals surface area (Å²) in [7, 11) is 0. The molecule has 0 spiro atoms. The van der Waals surface area contributed by atoms with Gasteiger partial charge in [-0.2, -0.15) is 13.2 Å². The van der Waals surface area contributed by atoms with Crippen molar-refractivity contribution in [3.05, 3.63) is 46.6 Å². The standard InChI is InChI=1S/C14H13F3N4OS/c15-14(16,17)10-2-1-5-20-13(10)21-7-6-18-11(22)3-4-12-19-8-9-23-12/h1-5,8-9H,6-7H2,(H,18,22)(H,20,21)/b4-3+. The molecule has 5 nitrogen and oxygen atoms in total. The van der Waals surface area contributed by atoms with Crippen LogP contribution < -0.4 is 10.6 Å². The van der Waals surface area contributed by atoms with Crippen LogP contribution >= 0.6 is 11.3 Å². The summed E-state index contributed by atoms with van der Waals surface area (Å²) >= 11 is 1.39. The molecule has 2 N–H and O–H groups in total. The van der Waals surface area contributed by atoms with Gasteiger partial charge in [-0.3, -0.25) is 4.79 Å². The average molecular weight is 342 g/mol. The van der Waals surface area contributed by atoms with E-state index in [1.54, 1.807) is 17.7 Å². The fourth-order valence-electron chi connectivity index (χ4n) is 1.66. The van der Waals surface area contributed by atoms with Crippen molar-refractivity contribution in [2.45, 2.75) is 6.18 Å². The second-order valence-electron chi connectivity index (χ2n) is 4.32. The maximum absolute atomic E-state index is 12.8. The number of amides is 1. The van der Waals surface area contributed by atoms with E-state index in [-0.39, 0.29) is 24.8 Å². The zero-order chi connectivity index (χ0) is 16.7. The highest BCUT2D eigenvalue weighted by molar-refractivity contribution is 7.10. The predicted octanol–water partition coefficient (Wildman–Crippen LogP) is 2.80. The van der Waals surface area contributed by atoms with E-state index in [2.05, 4.69) is 20.6 Å². The highest BCUT2D eigenvalue weighted by Crippen LogP contribution is 2.33. The Balaban J connectivity index is 1.79. The summed E-state index contributed by atoms with van der Waals surface area (Å²) < 4.78 is 38.3. The summed E-state index contributed by atoms with van der Waals surface area (Å²) in [5.41, 5.74) is -0.838. The number of anilines is 1. The lowest BCUT2D eigenvalue weighted by Crippen LogP contribution is -2.27. The summed E-state index contributed by atoms with van der Waals surface area (Å²) in [5, 5.41) is 7.60. The third-order valence-corrected chi connectivity index (χ3v) is 3.40. The van der Waals surface area contributed by atoms with Crippen LogP contribution in [-0.4, -0.2) is 29.0 Å². The SMILES string of the molecule is O=C(/C=C/c1nccs1)NCCNc1ncccc1C(F)(F)F. The Bertz CT molecular complexity index is 671. The minimum atomic E-state index is -4.48. The van der Waals surface area contributed by atoms with E-state index in [0.29, 0.717) is 5.01 Å². The molecule has 0 bridgehead atoms. The number of alkyl halides is 3. The minimum Gasteiger partial charge on any atom is -0.368 e. The smallest absolute Gasteiger partial charge is 0.368 e. The number of rotatable bonds is 6. The average Bonchev–Trinajstić information content (AvgIpc) is 3.02. The molecule has 0 unspecified atom stereocenters. The molecule has 0 saturated heterocycles. The molecule has 23 heavy (non-hydrogen) atoms. The molecule has 122 valence electrons. The van der Waals surface area contributed by atoms with Gasteiger partial charge in [-0.25, -0.2) is 9.97 Å². The summed E-state index contributed by atoms with van der Waals surface area (Å²) in [6, 6.07) is 2.17. The van der Waals surface area contributed by atoms with Crippen LogP contribution in [-0.2, 0) is 11.0 Å². The van der Waals surface area contributed by atoms with Crippen molar-refractivity contribution < 1.29 is 18.0 Å². The Morgan fingerprint density at radius 2 is 2.09 bits per heavy atom. The van der Waals surface area contributed by atoms with Gasteiger partial charge in [0, 0.05) is 36.9 Å². The molecule has 0 aliphatic rings. The first-order valence-corrected chi connectivity index (χ1v) is 7.46. The van der Waals surface area contributed by atoms with Crippen molar-refractivity contribution in [2.75, 3.05) is 18.4 Å². The van der Waals surface area contributed by atoms with E-state index in [1.807, 2.05) is 0 Å². The Hall–Kier alpha value is -2.42. The summed E-state index contributed by atoms with van der Waals surface area (Å²) in [5.74, 6) is -0.605. The van der Waals surface area contributed by atoms with Crippen molar-refractivity contribution in [3.63, 3.8) is 0 Å². The molecular formula is C14H13F3N4OS. The number of nitrogens with zero attached hydrogens (tertiary/aromatic N) is 2. The number of pyridine rings is 1. The Morgan fingerprint density at radius 1 is 1.26 bits per heavy atom. The van der Waals surface area contributed by atoms with Gasteiger partial charge in [0.05, 0.1) is 5.56 Å². The van der Waals surface area contributed by atoms with Crippen LogP contribution in [0.15, 0.2) is 36.0 Å². The van der Waals surface area contributed by atoms with E-state index in [1.165, 1.54) is 29.7 Å². The van der Waals surface area contributed by atoms with E-state index < -0.39 is 11.7 Å². The second-order valence-corrected chi connectivity index (χ2v) is 5.24. The number of carbonyl (C=O) groups is 1. The number of nitrogens with one attached hydrogen (secondary N) is 2. The van der Waals surface area contributed by atoms with E-state index >= 15 is 0 Å². The zero-order valence-corrected chi connectivity index (χ0v) is 12.6. The van der Waals surface area contributed by atoms with Gasteiger partial charge in [0.15, 0.2) is 0 Å². The molecule has 2 heterocycles. The maximum atomic E-state index is 12.8. The first-order chi connectivity index (χ1) is 11.0. The van der Waals surface area contributed by atoms with Gasteiger partial charge in [0.2, 0.25) is 5.91 Å². The Kier molecular flexibility index (Phi) is 5.69. The number of thiazole rings is 1. The molecule has 2 aromatic rings. The number of hydrogen-bond acceptors (Lipinski definition) is 5. The van der Waals surface area contributed by atoms with Gasteiger partial charge in [-0.05, 0) is 18.2 Å². The number of carbonyl (C=O) groups excluding carboxylic acids is 1. The lowest BCUT2D eigenvalue weighted by Gasteiger charge is -2.13. The fraction of sp³-hybridized carbons (Fsp3) is 0.214. The number of aromatic nitrogens is 2. The largest absolute Gasteiger partial charge is 0.419 e. The van der Waals surface area contributed by atoms with Crippen molar-refractivity contribution in [3.8, 4) is 0 Å². The van der Waals surface area contributed by atoms with Gasteiger partial charge < -0.3 is 10.6 Å². The molecule has 0 saturated carbocycles. The predicted molar refractivity (Wildman–Crippen MR) is 81.9 cm³/mol. The lowest BCUT2D eigenvalue weighted by molar-refractivity contribution is -0.137. The van der Waals surface area contributed by atoms with Gasteiger partial charge in [-0.15, -0.1) is 11.3 Å². The van der Waals surface area contributed by atoms with Crippen molar-refractivity contribution in [1.82, 2.24) is 15.3 Å². The quantitative estimate of drug-likeness (QED) is 0.626. The first-order valence-electron chi connectivity index (χ1n) is 6.58. The van der Waals surface area contributed by atoms with Gasteiger partial charge in [0.1, 0.15) is 10.8 Å². The van der Waals surface area contributed by atoms with Crippen LogP contribution in [0.3, 0.4) is 0 Å². The van der Waals surface area contributed by atoms with Gasteiger partial charge in [0.25, 0.3) is 0 Å². The molecule has 9 heteroatoms. The van der Waals surface area contributed by atoms with Crippen LogP contribution in [0.2, 0.25) is 0 Å². The summed E-state index contributed by atoms with van der Waals surface area (Å²) in [4.78, 5) is 19.2. The van der Waals surface area contributed by atoms with Crippen LogP contribution in [0.5, 0.6) is 0 Å². The van der Waals surface area contributed by atoms with Crippen molar-refractivity contribution in [1.29, 1.82) is 0 Å². The van der Waals surface area contributed by atoms with E-state index in [0.717, 1.165) is 6.07 Å². The monoisotopic (exact) mass is 342 g/mol. The number of halogens is 3. The first kappa shape index (κ1) is 16.9. The third-order valence-electron chi connectivity index (χ3n) is 2.66. The number of hydrogen-bond donors (Lipinski definition) is 2. The molecule has 0 aliphatic carbocycles. The Labute approximate surface area is 134 Å². The van der Waals surface area contributed by atoms with Crippen LogP contribution in [0.1, 0.15) is 10.6 Å². The van der Waals surface area contributed by atoms with Crippen molar-refractivity contribution >= 4 is 29.1 Å². The van der Waals surface area contributed by atoms with Gasteiger partial charge >= 0.3 is 6.18 Å².